The number of fused-ring (bicyclic) bond motifs is 1. The number of sulfonamides is 1. The zero-order valence-electron chi connectivity index (χ0n) is 11.8. The maximum atomic E-state index is 12.6. The van der Waals surface area contributed by atoms with Crippen LogP contribution in [0.4, 0.5) is 5.69 Å². The summed E-state index contributed by atoms with van der Waals surface area (Å²) in [5, 5.41) is 3.23. The van der Waals surface area contributed by atoms with E-state index in [2.05, 4.69) is 10.0 Å². The summed E-state index contributed by atoms with van der Waals surface area (Å²) in [6, 6.07) is 5.26. The molecule has 1 fully saturated rings. The van der Waals surface area contributed by atoms with E-state index in [9.17, 15) is 8.42 Å². The number of hydrogen-bond acceptors (Lipinski definition) is 4. The van der Waals surface area contributed by atoms with Gasteiger partial charge in [0.1, 0.15) is 0 Å². The Kier molecular flexibility index (Phi) is 3.27. The normalized spacial score (nSPS) is 29.2. The van der Waals surface area contributed by atoms with Gasteiger partial charge in [-0.05, 0) is 50.5 Å². The van der Waals surface area contributed by atoms with Gasteiger partial charge in [0.15, 0.2) is 0 Å². The number of hydrogen-bond donors (Lipinski definition) is 2. The van der Waals surface area contributed by atoms with Crippen molar-refractivity contribution in [1.82, 2.24) is 4.72 Å². The lowest BCUT2D eigenvalue weighted by atomic mass is 9.97. The molecule has 2 heterocycles. The first-order valence-electron chi connectivity index (χ1n) is 6.93. The number of benzene rings is 1. The van der Waals surface area contributed by atoms with Crippen molar-refractivity contribution in [2.75, 3.05) is 18.5 Å². The molecule has 2 aliphatic rings. The topological polar surface area (TPSA) is 67.4 Å². The van der Waals surface area contributed by atoms with Crippen LogP contribution in [0.2, 0.25) is 0 Å². The van der Waals surface area contributed by atoms with Gasteiger partial charge in [-0.1, -0.05) is 0 Å². The van der Waals surface area contributed by atoms with Crippen molar-refractivity contribution in [1.29, 1.82) is 0 Å². The van der Waals surface area contributed by atoms with Gasteiger partial charge in [0, 0.05) is 18.8 Å². The minimum absolute atomic E-state index is 0.117. The Bertz CT molecular complexity index is 629. The van der Waals surface area contributed by atoms with E-state index in [-0.39, 0.29) is 6.10 Å². The summed E-state index contributed by atoms with van der Waals surface area (Å²) < 4.78 is 33.4. The van der Waals surface area contributed by atoms with E-state index in [0.717, 1.165) is 24.2 Å². The summed E-state index contributed by atoms with van der Waals surface area (Å²) in [5.74, 6) is 0. The molecule has 2 unspecified atom stereocenters. The third-order valence-electron chi connectivity index (χ3n) is 4.35. The first-order valence-corrected chi connectivity index (χ1v) is 8.41. The second kappa shape index (κ2) is 4.72. The van der Waals surface area contributed by atoms with Crippen LogP contribution in [0.1, 0.15) is 25.8 Å². The molecule has 0 radical (unpaired) electrons. The van der Waals surface area contributed by atoms with E-state index in [1.807, 2.05) is 19.9 Å². The van der Waals surface area contributed by atoms with Crippen molar-refractivity contribution in [3.63, 3.8) is 0 Å². The number of rotatable bonds is 3. The fourth-order valence-electron chi connectivity index (χ4n) is 2.78. The molecule has 0 saturated carbocycles. The molecule has 0 bridgehead atoms. The molecular weight excluding hydrogens is 276 g/mol. The number of ether oxygens (including phenoxy) is 1. The molecule has 20 heavy (non-hydrogen) atoms. The van der Waals surface area contributed by atoms with Crippen LogP contribution in [0.15, 0.2) is 23.1 Å². The maximum Gasteiger partial charge on any atom is 0.241 e. The van der Waals surface area contributed by atoms with Crippen molar-refractivity contribution < 1.29 is 13.2 Å². The molecule has 0 aliphatic carbocycles. The minimum atomic E-state index is -3.51. The van der Waals surface area contributed by atoms with Crippen LogP contribution in [0.25, 0.3) is 0 Å². The highest BCUT2D eigenvalue weighted by Crippen LogP contribution is 2.29. The Hall–Kier alpha value is -1.11. The van der Waals surface area contributed by atoms with Crippen molar-refractivity contribution in [3.05, 3.63) is 23.8 Å². The van der Waals surface area contributed by atoms with Gasteiger partial charge >= 0.3 is 0 Å². The first kappa shape index (κ1) is 13.9. The fourth-order valence-corrected chi connectivity index (χ4v) is 4.33. The zero-order valence-corrected chi connectivity index (χ0v) is 12.6. The molecule has 2 atom stereocenters. The van der Waals surface area contributed by atoms with E-state index < -0.39 is 15.6 Å². The molecule has 1 aromatic carbocycles. The van der Waals surface area contributed by atoms with Gasteiger partial charge in [0.25, 0.3) is 0 Å². The van der Waals surface area contributed by atoms with Gasteiger partial charge in [-0.3, -0.25) is 0 Å². The van der Waals surface area contributed by atoms with Gasteiger partial charge in [0.05, 0.1) is 16.5 Å². The van der Waals surface area contributed by atoms with Crippen molar-refractivity contribution in [3.8, 4) is 0 Å². The number of nitrogens with one attached hydrogen (secondary N) is 2. The summed E-state index contributed by atoms with van der Waals surface area (Å²) in [5.41, 5.74) is 1.57. The first-order chi connectivity index (χ1) is 9.41. The van der Waals surface area contributed by atoms with Gasteiger partial charge in [-0.2, -0.15) is 0 Å². The Morgan fingerprint density at radius 3 is 2.95 bits per heavy atom. The summed E-state index contributed by atoms with van der Waals surface area (Å²) in [6.45, 7) is 5.27. The van der Waals surface area contributed by atoms with Gasteiger partial charge < -0.3 is 10.1 Å². The second-order valence-electron chi connectivity index (χ2n) is 5.78. The summed E-state index contributed by atoms with van der Waals surface area (Å²) in [4.78, 5) is 0.334. The molecule has 1 saturated heterocycles. The summed E-state index contributed by atoms with van der Waals surface area (Å²) in [6.07, 6.45) is 1.45. The SMILES string of the molecule is CC1OCCC1(C)NS(=O)(=O)c1ccc2c(c1)CCN2. The molecule has 1 aromatic rings. The van der Waals surface area contributed by atoms with Crippen molar-refractivity contribution in [2.24, 2.45) is 0 Å². The molecule has 110 valence electrons. The quantitative estimate of drug-likeness (QED) is 0.887. The van der Waals surface area contributed by atoms with Crippen LogP contribution in [0.5, 0.6) is 0 Å². The average molecular weight is 296 g/mol. The molecule has 6 heteroatoms. The van der Waals surface area contributed by atoms with Crippen LogP contribution >= 0.6 is 0 Å². The van der Waals surface area contributed by atoms with E-state index in [1.54, 1.807) is 12.1 Å². The predicted octanol–water partition coefficient (Wildman–Crippen LogP) is 1.50. The number of anilines is 1. The van der Waals surface area contributed by atoms with Gasteiger partial charge in [-0.25, -0.2) is 13.1 Å². The Labute approximate surface area is 119 Å². The molecular formula is C14H20N2O3S. The van der Waals surface area contributed by atoms with Gasteiger partial charge in [-0.15, -0.1) is 0 Å². The van der Waals surface area contributed by atoms with Crippen molar-refractivity contribution in [2.45, 2.75) is 43.2 Å². The molecule has 0 spiro atoms. The zero-order chi connectivity index (χ0) is 14.4. The smallest absolute Gasteiger partial charge is 0.241 e. The van der Waals surface area contributed by atoms with E-state index in [4.69, 9.17) is 4.74 Å². The van der Waals surface area contributed by atoms with E-state index in [1.165, 1.54) is 0 Å². The molecule has 2 N–H and O–H groups in total. The Morgan fingerprint density at radius 1 is 1.45 bits per heavy atom. The Balaban J connectivity index is 1.89. The largest absolute Gasteiger partial charge is 0.384 e. The molecule has 5 nitrogen and oxygen atoms in total. The van der Waals surface area contributed by atoms with Crippen LogP contribution in [0.3, 0.4) is 0 Å². The maximum absolute atomic E-state index is 12.6. The molecule has 3 rings (SSSR count). The van der Waals surface area contributed by atoms with Crippen LogP contribution < -0.4 is 10.0 Å². The third-order valence-corrected chi connectivity index (χ3v) is 5.96. The lowest BCUT2D eigenvalue weighted by molar-refractivity contribution is 0.0957. The monoisotopic (exact) mass is 296 g/mol. The molecule has 0 aromatic heterocycles. The highest BCUT2D eigenvalue weighted by atomic mass is 32.2. The molecule has 0 amide bonds. The lowest BCUT2D eigenvalue weighted by Gasteiger charge is -2.28. The fraction of sp³-hybridized carbons (Fsp3) is 0.571. The van der Waals surface area contributed by atoms with Gasteiger partial charge in [0.2, 0.25) is 10.0 Å². The third kappa shape index (κ3) is 2.32. The lowest BCUT2D eigenvalue weighted by Crippen LogP contribution is -2.50. The van der Waals surface area contributed by atoms with Crippen molar-refractivity contribution >= 4 is 15.7 Å². The van der Waals surface area contributed by atoms with Crippen LogP contribution in [0, 0.1) is 0 Å². The van der Waals surface area contributed by atoms with E-state index in [0.29, 0.717) is 17.9 Å². The average Bonchev–Trinajstić information content (AvgIpc) is 2.96. The van der Waals surface area contributed by atoms with Crippen LogP contribution in [-0.2, 0) is 21.2 Å². The van der Waals surface area contributed by atoms with Crippen LogP contribution in [-0.4, -0.2) is 33.2 Å². The Morgan fingerprint density at radius 2 is 2.25 bits per heavy atom. The highest BCUT2D eigenvalue weighted by molar-refractivity contribution is 7.89. The summed E-state index contributed by atoms with van der Waals surface area (Å²) in [7, 11) is -3.51. The standard InChI is InChI=1S/C14H20N2O3S/c1-10-14(2,6-8-19-10)16-20(17,18)12-3-4-13-11(9-12)5-7-15-13/h3-4,9-10,15-16H,5-8H2,1-2H3. The summed E-state index contributed by atoms with van der Waals surface area (Å²) >= 11 is 0. The predicted molar refractivity (Wildman–Crippen MR) is 77.4 cm³/mol. The highest BCUT2D eigenvalue weighted by Gasteiger charge is 2.40. The minimum Gasteiger partial charge on any atom is -0.384 e. The van der Waals surface area contributed by atoms with E-state index >= 15 is 0 Å². The molecule has 2 aliphatic heterocycles. The second-order valence-corrected chi connectivity index (χ2v) is 7.46.